The molecule has 3 atom stereocenters. The van der Waals surface area contributed by atoms with Gasteiger partial charge < -0.3 is 14.4 Å². The number of hydrogen-bond acceptors (Lipinski definition) is 4. The van der Waals surface area contributed by atoms with Crippen molar-refractivity contribution in [3.8, 4) is 11.5 Å². The van der Waals surface area contributed by atoms with Crippen molar-refractivity contribution in [3.05, 3.63) is 59.7 Å². The lowest BCUT2D eigenvalue weighted by Crippen LogP contribution is -2.50. The summed E-state index contributed by atoms with van der Waals surface area (Å²) in [5.41, 5.74) is 2.40. The van der Waals surface area contributed by atoms with Crippen LogP contribution in [0.3, 0.4) is 0 Å². The highest BCUT2D eigenvalue weighted by Gasteiger charge is 2.56. The molecule has 1 saturated heterocycles. The molecule has 2 aromatic rings. The first kappa shape index (κ1) is 18.1. The Labute approximate surface area is 161 Å². The third-order valence-electron chi connectivity index (χ3n) is 6.60. The summed E-state index contributed by atoms with van der Waals surface area (Å²) >= 11 is 0. The van der Waals surface area contributed by atoms with Crippen molar-refractivity contribution in [2.45, 2.75) is 36.6 Å². The molecule has 0 spiro atoms. The SMILES string of the molecule is COc1ccc([C@]23CCN(C)[C@H]2CC(=O)CC3c2ccccc2)cc1OC. The smallest absolute Gasteiger partial charge is 0.161 e. The Morgan fingerprint density at radius 3 is 2.44 bits per heavy atom. The van der Waals surface area contributed by atoms with Crippen LogP contribution in [0, 0.1) is 0 Å². The molecule has 1 heterocycles. The van der Waals surface area contributed by atoms with Crippen LogP contribution < -0.4 is 9.47 Å². The summed E-state index contributed by atoms with van der Waals surface area (Å²) in [7, 11) is 5.48. The topological polar surface area (TPSA) is 38.8 Å². The number of fused-ring (bicyclic) bond motifs is 1. The molecule has 0 radical (unpaired) electrons. The van der Waals surface area contributed by atoms with Crippen LogP contribution in [0.25, 0.3) is 0 Å². The van der Waals surface area contributed by atoms with Gasteiger partial charge in [-0.25, -0.2) is 0 Å². The minimum Gasteiger partial charge on any atom is -0.493 e. The molecule has 1 saturated carbocycles. The molecule has 0 N–H and O–H groups in total. The van der Waals surface area contributed by atoms with Crippen molar-refractivity contribution in [2.75, 3.05) is 27.8 Å². The molecular formula is C23H27NO3. The number of ketones is 1. The summed E-state index contributed by atoms with van der Waals surface area (Å²) in [5.74, 6) is 2.02. The third kappa shape index (κ3) is 2.83. The van der Waals surface area contributed by atoms with E-state index >= 15 is 0 Å². The Bertz CT molecular complexity index is 835. The summed E-state index contributed by atoms with van der Waals surface area (Å²) in [6.45, 7) is 0.996. The number of nitrogens with zero attached hydrogens (tertiary/aromatic N) is 1. The van der Waals surface area contributed by atoms with E-state index in [1.54, 1.807) is 14.2 Å². The summed E-state index contributed by atoms with van der Waals surface area (Å²) in [6.07, 6.45) is 2.26. The fourth-order valence-corrected chi connectivity index (χ4v) is 5.29. The van der Waals surface area contributed by atoms with E-state index in [4.69, 9.17) is 9.47 Å². The molecular weight excluding hydrogens is 338 g/mol. The van der Waals surface area contributed by atoms with Crippen molar-refractivity contribution in [1.82, 2.24) is 4.90 Å². The second-order valence-corrected chi connectivity index (χ2v) is 7.77. The number of benzene rings is 2. The molecule has 2 aromatic carbocycles. The standard InChI is InChI=1S/C23H27NO3/c1-24-12-11-23(17-9-10-20(26-2)21(13-17)27-3)19(14-18(25)15-22(23)24)16-7-5-4-6-8-16/h4-10,13,19,22H,11-12,14-15H2,1-3H3/t19?,22-,23-/m0/s1. The monoisotopic (exact) mass is 365 g/mol. The van der Waals surface area contributed by atoms with Gasteiger partial charge in [0, 0.05) is 30.2 Å². The van der Waals surface area contributed by atoms with Gasteiger partial charge >= 0.3 is 0 Å². The van der Waals surface area contributed by atoms with Crippen molar-refractivity contribution >= 4 is 5.78 Å². The highest BCUT2D eigenvalue weighted by atomic mass is 16.5. The normalized spacial score (nSPS) is 28.0. The molecule has 4 nitrogen and oxygen atoms in total. The van der Waals surface area contributed by atoms with E-state index in [-0.39, 0.29) is 17.4 Å². The van der Waals surface area contributed by atoms with Gasteiger partial charge in [-0.15, -0.1) is 0 Å². The number of methoxy groups -OCH3 is 2. The van der Waals surface area contributed by atoms with Crippen LogP contribution in [-0.4, -0.2) is 44.5 Å². The molecule has 1 aliphatic carbocycles. The first-order chi connectivity index (χ1) is 13.1. The average Bonchev–Trinajstić information content (AvgIpc) is 3.05. The number of likely N-dealkylation sites (N-methyl/N-ethyl adjacent to an activating group) is 1. The maximum atomic E-state index is 12.7. The van der Waals surface area contributed by atoms with Gasteiger partial charge in [-0.2, -0.15) is 0 Å². The first-order valence-electron chi connectivity index (χ1n) is 9.59. The van der Waals surface area contributed by atoms with Gasteiger partial charge in [0.1, 0.15) is 5.78 Å². The van der Waals surface area contributed by atoms with Gasteiger partial charge in [0.15, 0.2) is 11.5 Å². The Balaban J connectivity index is 1.90. The fourth-order valence-electron chi connectivity index (χ4n) is 5.29. The fraction of sp³-hybridized carbons (Fsp3) is 0.435. The van der Waals surface area contributed by atoms with Crippen molar-refractivity contribution < 1.29 is 14.3 Å². The highest BCUT2D eigenvalue weighted by Crippen LogP contribution is 2.55. The van der Waals surface area contributed by atoms with E-state index in [0.29, 0.717) is 18.6 Å². The number of carbonyl (C=O) groups is 1. The van der Waals surface area contributed by atoms with E-state index in [1.807, 2.05) is 12.1 Å². The Hall–Kier alpha value is -2.33. The lowest BCUT2D eigenvalue weighted by molar-refractivity contribution is -0.123. The molecule has 0 amide bonds. The Kier molecular flexibility index (Phi) is 4.68. The van der Waals surface area contributed by atoms with E-state index in [1.165, 1.54) is 11.1 Å². The van der Waals surface area contributed by atoms with Gasteiger partial charge in [0.25, 0.3) is 0 Å². The summed E-state index contributed by atoms with van der Waals surface area (Å²) in [5, 5.41) is 0. The highest BCUT2D eigenvalue weighted by molar-refractivity contribution is 5.82. The van der Waals surface area contributed by atoms with E-state index in [9.17, 15) is 4.79 Å². The van der Waals surface area contributed by atoms with Gasteiger partial charge in [-0.05, 0) is 43.3 Å². The lowest BCUT2D eigenvalue weighted by Gasteiger charge is -2.47. The van der Waals surface area contributed by atoms with E-state index < -0.39 is 0 Å². The molecule has 27 heavy (non-hydrogen) atoms. The van der Waals surface area contributed by atoms with Crippen LogP contribution in [0.4, 0.5) is 0 Å². The third-order valence-corrected chi connectivity index (χ3v) is 6.60. The second-order valence-electron chi connectivity index (χ2n) is 7.77. The predicted molar refractivity (Wildman–Crippen MR) is 106 cm³/mol. The van der Waals surface area contributed by atoms with Gasteiger partial charge in [-0.3, -0.25) is 4.79 Å². The molecule has 1 unspecified atom stereocenters. The van der Waals surface area contributed by atoms with Crippen LogP contribution in [0.1, 0.15) is 36.3 Å². The molecule has 2 fully saturated rings. The molecule has 0 bridgehead atoms. The van der Waals surface area contributed by atoms with Crippen LogP contribution in [0.15, 0.2) is 48.5 Å². The van der Waals surface area contributed by atoms with Crippen LogP contribution in [0.5, 0.6) is 11.5 Å². The number of likely N-dealkylation sites (tertiary alicyclic amines) is 1. The summed E-state index contributed by atoms with van der Waals surface area (Å²) < 4.78 is 11.0. The molecule has 4 rings (SSSR count). The molecule has 1 aliphatic heterocycles. The number of Topliss-reactive ketones (excluding diaryl/α,β-unsaturated/α-hetero) is 1. The van der Waals surface area contributed by atoms with Crippen molar-refractivity contribution in [1.29, 1.82) is 0 Å². The van der Waals surface area contributed by atoms with Crippen molar-refractivity contribution in [2.24, 2.45) is 0 Å². The van der Waals surface area contributed by atoms with Crippen LogP contribution in [-0.2, 0) is 10.2 Å². The summed E-state index contributed by atoms with van der Waals surface area (Å²) in [6, 6.07) is 17.0. The first-order valence-corrected chi connectivity index (χ1v) is 9.59. The Morgan fingerprint density at radius 2 is 1.74 bits per heavy atom. The maximum Gasteiger partial charge on any atom is 0.161 e. The van der Waals surface area contributed by atoms with Crippen molar-refractivity contribution in [3.63, 3.8) is 0 Å². The number of ether oxygens (including phenoxy) is 2. The zero-order valence-electron chi connectivity index (χ0n) is 16.3. The second kappa shape index (κ2) is 7.01. The molecule has 2 aliphatic rings. The van der Waals surface area contributed by atoms with E-state index in [2.05, 4.69) is 48.3 Å². The maximum absolute atomic E-state index is 12.7. The van der Waals surface area contributed by atoms with Crippen LogP contribution >= 0.6 is 0 Å². The number of rotatable bonds is 4. The average molecular weight is 365 g/mol. The predicted octanol–water partition coefficient (Wildman–Crippen LogP) is 3.79. The largest absolute Gasteiger partial charge is 0.493 e. The van der Waals surface area contributed by atoms with Gasteiger partial charge in [0.05, 0.1) is 14.2 Å². The molecule has 0 aromatic heterocycles. The number of carbonyl (C=O) groups excluding carboxylic acids is 1. The van der Waals surface area contributed by atoms with Gasteiger partial charge in [-0.1, -0.05) is 36.4 Å². The minimum absolute atomic E-state index is 0.0937. The lowest BCUT2D eigenvalue weighted by atomic mass is 9.57. The summed E-state index contributed by atoms with van der Waals surface area (Å²) in [4.78, 5) is 15.0. The molecule has 142 valence electrons. The Morgan fingerprint density at radius 1 is 1.00 bits per heavy atom. The van der Waals surface area contributed by atoms with Crippen LogP contribution in [0.2, 0.25) is 0 Å². The zero-order chi connectivity index (χ0) is 19.0. The quantitative estimate of drug-likeness (QED) is 0.826. The van der Waals surface area contributed by atoms with Gasteiger partial charge in [0.2, 0.25) is 0 Å². The minimum atomic E-state index is -0.0937. The zero-order valence-corrected chi connectivity index (χ0v) is 16.3. The van der Waals surface area contributed by atoms with E-state index in [0.717, 1.165) is 24.5 Å². The number of hydrogen-bond donors (Lipinski definition) is 0. The molecule has 4 heteroatoms.